The molecule has 2 N–H and O–H groups in total. The molecule has 0 aromatic heterocycles. The molecule has 0 saturated heterocycles. The first-order valence-corrected chi connectivity index (χ1v) is 12.7. The van der Waals surface area contributed by atoms with Crippen molar-refractivity contribution in [2.24, 2.45) is 0 Å². The Labute approximate surface area is 234 Å². The Morgan fingerprint density at radius 2 is 1.40 bits per heavy atom. The van der Waals surface area contributed by atoms with Crippen molar-refractivity contribution in [2.45, 2.75) is 58.2 Å². The largest absolute Gasteiger partial charge is 0.493 e. The van der Waals surface area contributed by atoms with Gasteiger partial charge in [-0.2, -0.15) is 0 Å². The van der Waals surface area contributed by atoms with Crippen molar-refractivity contribution in [3.63, 3.8) is 0 Å². The number of carbonyl (C=O) groups excluding carboxylic acids is 1. The number of ether oxygens (including phenoxy) is 5. The molecule has 0 saturated carbocycles. The van der Waals surface area contributed by atoms with E-state index in [2.05, 4.69) is 4.90 Å². The van der Waals surface area contributed by atoms with E-state index in [0.29, 0.717) is 29.4 Å². The van der Waals surface area contributed by atoms with Crippen LogP contribution in [-0.2, 0) is 32.0 Å². The zero-order valence-electron chi connectivity index (χ0n) is 24.3. The van der Waals surface area contributed by atoms with Crippen molar-refractivity contribution in [2.75, 3.05) is 35.0 Å². The lowest BCUT2D eigenvalue weighted by Gasteiger charge is -2.41. The maximum Gasteiger partial charge on any atom is 0.414 e. The van der Waals surface area contributed by atoms with E-state index in [1.54, 1.807) is 28.4 Å². The van der Waals surface area contributed by atoms with E-state index < -0.39 is 23.6 Å². The van der Waals surface area contributed by atoms with Crippen LogP contribution in [0.4, 0.5) is 0 Å². The molecular formula is C29H39NO10. The highest BCUT2D eigenvalue weighted by Gasteiger charge is 2.36. The summed E-state index contributed by atoms with van der Waals surface area (Å²) in [7, 11) is 6.53. The molecule has 3 rings (SSSR count). The monoisotopic (exact) mass is 561 g/mol. The van der Waals surface area contributed by atoms with Crippen molar-refractivity contribution in [3.05, 3.63) is 47.0 Å². The van der Waals surface area contributed by atoms with Gasteiger partial charge in [0.1, 0.15) is 11.6 Å². The maximum atomic E-state index is 13.0. The Morgan fingerprint density at radius 1 is 0.875 bits per heavy atom. The van der Waals surface area contributed by atoms with E-state index in [9.17, 15) is 4.79 Å². The average molecular weight is 562 g/mol. The van der Waals surface area contributed by atoms with Gasteiger partial charge in [0.25, 0.3) is 0 Å². The predicted octanol–water partition coefficient (Wildman–Crippen LogP) is 3.75. The van der Waals surface area contributed by atoms with Crippen LogP contribution in [0.25, 0.3) is 0 Å². The van der Waals surface area contributed by atoms with E-state index in [1.165, 1.54) is 5.56 Å². The number of hydrogen-bond donors (Lipinski definition) is 2. The summed E-state index contributed by atoms with van der Waals surface area (Å²) in [6.07, 6.45) is 1.47. The average Bonchev–Trinajstić information content (AvgIpc) is 2.91. The fourth-order valence-electron chi connectivity index (χ4n) is 4.49. The molecule has 0 spiro atoms. The number of nitrogens with zero attached hydrogens (tertiary/aromatic N) is 1. The lowest BCUT2D eigenvalue weighted by molar-refractivity contribution is -0.162. The van der Waals surface area contributed by atoms with Crippen molar-refractivity contribution in [1.29, 1.82) is 0 Å². The van der Waals surface area contributed by atoms with E-state index in [1.807, 2.05) is 58.0 Å². The zero-order valence-corrected chi connectivity index (χ0v) is 24.3. The van der Waals surface area contributed by atoms with Crippen LogP contribution < -0.4 is 18.9 Å². The predicted molar refractivity (Wildman–Crippen MR) is 147 cm³/mol. The second kappa shape index (κ2) is 13.9. The second-order valence-electron chi connectivity index (χ2n) is 10.1. The van der Waals surface area contributed by atoms with E-state index >= 15 is 0 Å². The summed E-state index contributed by atoms with van der Waals surface area (Å²) in [5, 5.41) is 14.8. The van der Waals surface area contributed by atoms with Crippen LogP contribution in [0, 0.1) is 0 Å². The highest BCUT2D eigenvalue weighted by atomic mass is 16.6. The number of methoxy groups -OCH3 is 4. The highest BCUT2D eigenvalue weighted by Crippen LogP contribution is 2.41. The molecule has 0 bridgehead atoms. The van der Waals surface area contributed by atoms with Crippen LogP contribution in [0.5, 0.6) is 23.0 Å². The lowest BCUT2D eigenvalue weighted by Crippen LogP contribution is -2.48. The van der Waals surface area contributed by atoms with Crippen LogP contribution in [0.15, 0.2) is 30.3 Å². The highest BCUT2D eigenvalue weighted by molar-refractivity contribution is 6.27. The second-order valence-corrected chi connectivity index (χ2v) is 10.1. The van der Waals surface area contributed by atoms with Gasteiger partial charge in [-0.05, 0) is 81.5 Å². The van der Waals surface area contributed by atoms with E-state index in [-0.39, 0.29) is 12.0 Å². The molecule has 1 aliphatic heterocycles. The molecule has 11 heteroatoms. The van der Waals surface area contributed by atoms with Gasteiger partial charge in [0.05, 0.1) is 28.4 Å². The summed E-state index contributed by atoms with van der Waals surface area (Å²) in [6, 6.07) is 9.54. The molecule has 2 aromatic rings. The van der Waals surface area contributed by atoms with E-state index in [0.717, 1.165) is 24.1 Å². The number of carboxylic acid groups (broad SMARTS) is 2. The van der Waals surface area contributed by atoms with Crippen LogP contribution in [0.3, 0.4) is 0 Å². The molecule has 1 unspecified atom stereocenters. The Morgan fingerprint density at radius 3 is 1.90 bits per heavy atom. The minimum Gasteiger partial charge on any atom is -0.493 e. The van der Waals surface area contributed by atoms with Gasteiger partial charge >= 0.3 is 17.9 Å². The molecule has 0 radical (unpaired) electrons. The van der Waals surface area contributed by atoms with Crippen molar-refractivity contribution in [3.8, 4) is 23.0 Å². The van der Waals surface area contributed by atoms with Gasteiger partial charge in [0.15, 0.2) is 23.0 Å². The molecule has 1 aliphatic rings. The van der Waals surface area contributed by atoms with Crippen LogP contribution >= 0.6 is 0 Å². The summed E-state index contributed by atoms with van der Waals surface area (Å²) in [6.45, 7) is 8.31. The first-order chi connectivity index (χ1) is 18.8. The SMILES string of the molecule is COc1ccc(C[C@@H]2c3cc(OC)c(OC)cc3CCN2C(C)C(=O)OC(C)(C)C)cc1OC.O=C(O)C(=O)O. The summed E-state index contributed by atoms with van der Waals surface area (Å²) in [5.41, 5.74) is 2.84. The molecule has 0 aliphatic carbocycles. The third kappa shape index (κ3) is 8.25. The fourth-order valence-corrected chi connectivity index (χ4v) is 4.49. The Hall–Kier alpha value is -3.99. The first-order valence-electron chi connectivity index (χ1n) is 12.7. The first kappa shape index (κ1) is 32.2. The van der Waals surface area contributed by atoms with Gasteiger partial charge in [-0.1, -0.05) is 6.07 Å². The maximum absolute atomic E-state index is 13.0. The third-order valence-corrected chi connectivity index (χ3v) is 6.35. The summed E-state index contributed by atoms with van der Waals surface area (Å²) in [5.74, 6) is -1.14. The van der Waals surface area contributed by atoms with Crippen LogP contribution in [0.1, 0.15) is 50.4 Å². The standard InChI is InChI=1S/C27H37NO6.C2H2O4/c1-17(26(29)34-27(2,3)4)28-12-11-19-15-24(32-7)25(33-8)16-20(19)21(28)13-18-9-10-22(30-5)23(14-18)31-6;3-1(4)2(5)6/h9-10,14-17,21H,11-13H2,1-8H3;(H,3,4)(H,5,6)/t17?,21-;/m1./s1. The molecule has 0 fully saturated rings. The molecule has 1 heterocycles. The zero-order chi connectivity index (χ0) is 30.2. The van der Waals surface area contributed by atoms with Gasteiger partial charge in [0, 0.05) is 12.6 Å². The number of esters is 1. The fraction of sp³-hybridized carbons (Fsp3) is 0.483. The molecular weight excluding hydrogens is 522 g/mol. The molecule has 11 nitrogen and oxygen atoms in total. The number of carboxylic acids is 2. The van der Waals surface area contributed by atoms with Gasteiger partial charge in [-0.3, -0.25) is 9.69 Å². The third-order valence-electron chi connectivity index (χ3n) is 6.35. The number of fused-ring (bicyclic) bond motifs is 1. The smallest absolute Gasteiger partial charge is 0.414 e. The topological polar surface area (TPSA) is 141 Å². The summed E-state index contributed by atoms with van der Waals surface area (Å²) >= 11 is 0. The minimum atomic E-state index is -1.82. The Bertz CT molecular complexity index is 1190. The minimum absolute atomic E-state index is 0.0656. The number of rotatable bonds is 8. The Balaban J connectivity index is 0.000000840. The van der Waals surface area contributed by atoms with E-state index in [4.69, 9.17) is 43.5 Å². The lowest BCUT2D eigenvalue weighted by atomic mass is 9.87. The van der Waals surface area contributed by atoms with Crippen molar-refractivity contribution >= 4 is 17.9 Å². The number of carbonyl (C=O) groups is 3. The molecule has 220 valence electrons. The van der Waals surface area contributed by atoms with Gasteiger partial charge in [0.2, 0.25) is 0 Å². The summed E-state index contributed by atoms with van der Waals surface area (Å²) < 4.78 is 27.8. The van der Waals surface area contributed by atoms with Crippen molar-refractivity contribution in [1.82, 2.24) is 4.90 Å². The molecule has 0 amide bonds. The Kier molecular flexibility index (Phi) is 11.2. The normalized spacial score (nSPS) is 15.4. The van der Waals surface area contributed by atoms with Crippen molar-refractivity contribution < 1.29 is 48.3 Å². The van der Waals surface area contributed by atoms with Crippen LogP contribution in [-0.4, -0.2) is 79.6 Å². The van der Waals surface area contributed by atoms with Gasteiger partial charge in [-0.25, -0.2) is 9.59 Å². The quantitative estimate of drug-likeness (QED) is 0.360. The molecule has 2 aromatic carbocycles. The van der Waals surface area contributed by atoms with Gasteiger partial charge < -0.3 is 33.9 Å². The number of aliphatic carboxylic acids is 2. The molecule has 40 heavy (non-hydrogen) atoms. The summed E-state index contributed by atoms with van der Waals surface area (Å²) in [4.78, 5) is 33.5. The number of benzene rings is 2. The van der Waals surface area contributed by atoms with Gasteiger partial charge in [-0.15, -0.1) is 0 Å². The molecule has 2 atom stereocenters. The number of hydrogen-bond acceptors (Lipinski definition) is 9. The van der Waals surface area contributed by atoms with Crippen LogP contribution in [0.2, 0.25) is 0 Å².